The van der Waals surface area contributed by atoms with Crippen LogP contribution in [0.4, 0.5) is 5.69 Å². The quantitative estimate of drug-likeness (QED) is 0.410. The lowest BCUT2D eigenvalue weighted by molar-refractivity contribution is -0.113. The zero-order chi connectivity index (χ0) is 22.7. The van der Waals surface area contributed by atoms with Gasteiger partial charge in [0.05, 0.1) is 31.0 Å². The molecule has 1 amide bonds. The molecular formula is C25H19ClN2O4. The predicted octanol–water partition coefficient (Wildman–Crippen LogP) is 4.97. The normalized spacial score (nSPS) is 14.5. The number of nitrogens with zero attached hydrogens (tertiary/aromatic N) is 2. The molecule has 4 rings (SSSR count). The van der Waals surface area contributed by atoms with Crippen molar-refractivity contribution in [3.8, 4) is 5.75 Å². The second kappa shape index (κ2) is 9.08. The van der Waals surface area contributed by atoms with Crippen LogP contribution in [0.1, 0.15) is 21.5 Å². The molecule has 0 N–H and O–H groups in total. The van der Waals surface area contributed by atoms with Crippen molar-refractivity contribution < 1.29 is 19.1 Å². The smallest absolute Gasteiger partial charge is 0.337 e. The number of amides is 1. The molecule has 1 heterocycles. The summed E-state index contributed by atoms with van der Waals surface area (Å²) in [6, 6.07) is 21.1. The summed E-state index contributed by atoms with van der Waals surface area (Å²) < 4.78 is 10.2. The van der Waals surface area contributed by atoms with E-state index in [-0.39, 0.29) is 11.6 Å². The first-order chi connectivity index (χ1) is 15.5. The van der Waals surface area contributed by atoms with Crippen molar-refractivity contribution in [3.63, 3.8) is 0 Å². The summed E-state index contributed by atoms with van der Waals surface area (Å²) in [6.07, 6.45) is 1.68. The van der Waals surface area contributed by atoms with Crippen LogP contribution in [0, 0.1) is 0 Å². The molecule has 7 heteroatoms. The summed E-state index contributed by atoms with van der Waals surface area (Å²) in [5.74, 6) is 0.339. The number of carbonyl (C=O) groups excluding carboxylic acids is 2. The number of methoxy groups -OCH3 is 2. The maximum Gasteiger partial charge on any atom is 0.337 e. The van der Waals surface area contributed by atoms with Gasteiger partial charge in [0.25, 0.3) is 5.91 Å². The minimum Gasteiger partial charge on any atom is -0.496 e. The molecule has 0 atom stereocenters. The summed E-state index contributed by atoms with van der Waals surface area (Å²) in [4.78, 5) is 31.2. The molecule has 0 fully saturated rings. The van der Waals surface area contributed by atoms with Gasteiger partial charge in [-0.2, -0.15) is 0 Å². The number of ether oxygens (including phenoxy) is 2. The summed E-state index contributed by atoms with van der Waals surface area (Å²) in [6.45, 7) is 0. The minimum atomic E-state index is -0.425. The average Bonchev–Trinajstić information content (AvgIpc) is 3.15. The second-order valence-electron chi connectivity index (χ2n) is 6.90. The number of aliphatic imine (C=N–C) groups is 1. The number of hydrogen-bond acceptors (Lipinski definition) is 5. The van der Waals surface area contributed by atoms with Gasteiger partial charge in [-0.3, -0.25) is 9.69 Å². The molecule has 1 aliphatic rings. The third-order valence-electron chi connectivity index (χ3n) is 4.93. The topological polar surface area (TPSA) is 68.2 Å². The van der Waals surface area contributed by atoms with E-state index in [9.17, 15) is 9.59 Å². The molecule has 3 aromatic carbocycles. The van der Waals surface area contributed by atoms with E-state index in [4.69, 9.17) is 21.1 Å². The highest BCUT2D eigenvalue weighted by molar-refractivity contribution is 6.34. The highest BCUT2D eigenvalue weighted by Gasteiger charge is 2.33. The Hall–Kier alpha value is -3.90. The molecule has 1 aliphatic heterocycles. The van der Waals surface area contributed by atoms with Gasteiger partial charge in [0.2, 0.25) is 0 Å². The number of rotatable bonds is 5. The largest absolute Gasteiger partial charge is 0.496 e. The predicted molar refractivity (Wildman–Crippen MR) is 124 cm³/mol. The van der Waals surface area contributed by atoms with Crippen molar-refractivity contribution in [1.29, 1.82) is 0 Å². The Kier molecular flexibility index (Phi) is 6.05. The molecule has 0 aliphatic carbocycles. The van der Waals surface area contributed by atoms with Gasteiger partial charge in [0, 0.05) is 5.02 Å². The standard InChI is InChI=1S/C25H19ClN2O4/c1-31-22-6-4-3-5-20(22)23-27-21(15-16-7-9-17(10-8-16)25(30)32-2)24(29)28(23)19-13-11-18(26)12-14-19/h3-15H,1-2H3/b21-15+. The van der Waals surface area contributed by atoms with Gasteiger partial charge in [0.1, 0.15) is 11.4 Å². The Balaban J connectivity index is 1.79. The summed E-state index contributed by atoms with van der Waals surface area (Å²) in [7, 11) is 2.90. The first-order valence-electron chi connectivity index (χ1n) is 9.74. The first-order valence-corrected chi connectivity index (χ1v) is 10.1. The molecule has 32 heavy (non-hydrogen) atoms. The highest BCUT2D eigenvalue weighted by atomic mass is 35.5. The lowest BCUT2D eigenvalue weighted by Crippen LogP contribution is -2.32. The molecule has 0 bridgehead atoms. The van der Waals surface area contributed by atoms with E-state index >= 15 is 0 Å². The SMILES string of the molecule is COC(=O)c1ccc(/C=C2/N=C(c3ccccc3OC)N(c3ccc(Cl)cc3)C2=O)cc1. The van der Waals surface area contributed by atoms with E-state index in [1.54, 1.807) is 61.7 Å². The summed E-state index contributed by atoms with van der Waals surface area (Å²) in [5, 5.41) is 0.567. The Morgan fingerprint density at radius 3 is 2.31 bits per heavy atom. The maximum atomic E-state index is 13.4. The van der Waals surface area contributed by atoms with Crippen molar-refractivity contribution in [2.75, 3.05) is 19.1 Å². The lowest BCUT2D eigenvalue weighted by atomic mass is 10.1. The minimum absolute atomic E-state index is 0.256. The van der Waals surface area contributed by atoms with Crippen LogP contribution in [0.2, 0.25) is 5.02 Å². The number of anilines is 1. The van der Waals surface area contributed by atoms with Crippen LogP contribution < -0.4 is 9.64 Å². The second-order valence-corrected chi connectivity index (χ2v) is 7.33. The fourth-order valence-electron chi connectivity index (χ4n) is 3.35. The van der Waals surface area contributed by atoms with Crippen molar-refractivity contribution in [1.82, 2.24) is 0 Å². The number of esters is 1. The molecular weight excluding hydrogens is 428 g/mol. The van der Waals surface area contributed by atoms with Crippen LogP contribution in [-0.2, 0) is 9.53 Å². The number of amidine groups is 1. The maximum absolute atomic E-state index is 13.4. The van der Waals surface area contributed by atoms with Crippen molar-refractivity contribution in [2.45, 2.75) is 0 Å². The van der Waals surface area contributed by atoms with Crippen molar-refractivity contribution in [2.24, 2.45) is 4.99 Å². The van der Waals surface area contributed by atoms with Crippen LogP contribution in [0.25, 0.3) is 6.08 Å². The first kappa shape index (κ1) is 21.3. The number of para-hydroxylation sites is 1. The Morgan fingerprint density at radius 2 is 1.66 bits per heavy atom. The Labute approximate surface area is 190 Å². The summed E-state index contributed by atoms with van der Waals surface area (Å²) >= 11 is 6.04. The van der Waals surface area contributed by atoms with Gasteiger partial charge in [-0.1, -0.05) is 35.9 Å². The molecule has 0 spiro atoms. The van der Waals surface area contributed by atoms with E-state index in [1.165, 1.54) is 12.0 Å². The van der Waals surface area contributed by atoms with Gasteiger partial charge < -0.3 is 9.47 Å². The van der Waals surface area contributed by atoms with E-state index in [2.05, 4.69) is 4.99 Å². The number of benzene rings is 3. The Bertz CT molecular complexity index is 1230. The van der Waals surface area contributed by atoms with Crippen LogP contribution in [-0.4, -0.2) is 31.9 Å². The van der Waals surface area contributed by atoms with Crippen LogP contribution in [0.5, 0.6) is 5.75 Å². The lowest BCUT2D eigenvalue weighted by Gasteiger charge is -2.20. The third kappa shape index (κ3) is 4.13. The zero-order valence-electron chi connectivity index (χ0n) is 17.4. The fraction of sp³-hybridized carbons (Fsp3) is 0.0800. The van der Waals surface area contributed by atoms with Crippen LogP contribution >= 0.6 is 11.6 Å². The molecule has 3 aromatic rings. The van der Waals surface area contributed by atoms with Gasteiger partial charge in [-0.15, -0.1) is 0 Å². The number of hydrogen-bond donors (Lipinski definition) is 0. The van der Waals surface area contributed by atoms with Gasteiger partial charge >= 0.3 is 5.97 Å². The average molecular weight is 447 g/mol. The van der Waals surface area contributed by atoms with Crippen LogP contribution in [0.3, 0.4) is 0 Å². The van der Waals surface area contributed by atoms with E-state index in [1.807, 2.05) is 24.3 Å². The molecule has 0 saturated carbocycles. The Morgan fingerprint density at radius 1 is 0.969 bits per heavy atom. The van der Waals surface area contributed by atoms with Gasteiger partial charge in [-0.25, -0.2) is 9.79 Å². The van der Waals surface area contributed by atoms with E-state index < -0.39 is 5.97 Å². The van der Waals surface area contributed by atoms with Crippen molar-refractivity contribution in [3.05, 3.63) is 100 Å². The molecule has 0 radical (unpaired) electrons. The number of carbonyl (C=O) groups is 2. The van der Waals surface area contributed by atoms with E-state index in [0.717, 1.165) is 5.56 Å². The van der Waals surface area contributed by atoms with Crippen LogP contribution in [0.15, 0.2) is 83.5 Å². The molecule has 6 nitrogen and oxygen atoms in total. The van der Waals surface area contributed by atoms with Gasteiger partial charge in [-0.05, 0) is 60.2 Å². The monoisotopic (exact) mass is 446 g/mol. The highest BCUT2D eigenvalue weighted by Crippen LogP contribution is 2.31. The summed E-state index contributed by atoms with van der Waals surface area (Å²) in [5.41, 5.74) is 2.72. The molecule has 0 saturated heterocycles. The third-order valence-corrected chi connectivity index (χ3v) is 5.18. The molecule has 0 unspecified atom stereocenters. The fourth-order valence-corrected chi connectivity index (χ4v) is 3.47. The van der Waals surface area contributed by atoms with Gasteiger partial charge in [0.15, 0.2) is 5.84 Å². The number of halogens is 1. The molecule has 0 aromatic heterocycles. The van der Waals surface area contributed by atoms with Crippen molar-refractivity contribution >= 4 is 41.1 Å². The molecule has 160 valence electrons. The van der Waals surface area contributed by atoms with E-state index in [0.29, 0.717) is 33.4 Å². The zero-order valence-corrected chi connectivity index (χ0v) is 18.2.